The number of hydrogen-bond acceptors (Lipinski definition) is 6. The lowest BCUT2D eigenvalue weighted by Crippen LogP contribution is -2.26. The number of aromatic nitrogens is 6. The van der Waals surface area contributed by atoms with Gasteiger partial charge in [-0.25, -0.2) is 9.67 Å². The van der Waals surface area contributed by atoms with Crippen LogP contribution in [0.25, 0.3) is 22.7 Å². The summed E-state index contributed by atoms with van der Waals surface area (Å²) in [5, 5.41) is 16.0. The van der Waals surface area contributed by atoms with Gasteiger partial charge in [-0.1, -0.05) is 56.3 Å². The summed E-state index contributed by atoms with van der Waals surface area (Å²) in [5.74, 6) is 2.29. The van der Waals surface area contributed by atoms with E-state index in [1.165, 1.54) is 18.4 Å². The van der Waals surface area contributed by atoms with Crippen LogP contribution in [0.15, 0.2) is 73.2 Å². The third-order valence-electron chi connectivity index (χ3n) is 7.18. The van der Waals surface area contributed by atoms with Gasteiger partial charge in [0.1, 0.15) is 0 Å². The molecule has 1 fully saturated rings. The van der Waals surface area contributed by atoms with Crippen LogP contribution in [0.3, 0.4) is 0 Å². The van der Waals surface area contributed by atoms with Crippen LogP contribution in [-0.2, 0) is 6.54 Å². The highest BCUT2D eigenvalue weighted by Gasteiger charge is 2.18. The van der Waals surface area contributed by atoms with Gasteiger partial charge in [0.2, 0.25) is 5.95 Å². The Hall–Kier alpha value is -4.04. The van der Waals surface area contributed by atoms with Crippen molar-refractivity contribution in [2.45, 2.75) is 45.1 Å². The lowest BCUT2D eigenvalue weighted by Gasteiger charge is -2.23. The zero-order chi connectivity index (χ0) is 25.2. The molecule has 0 spiro atoms. The van der Waals surface area contributed by atoms with E-state index < -0.39 is 0 Å². The second-order valence-electron chi connectivity index (χ2n) is 9.94. The van der Waals surface area contributed by atoms with Gasteiger partial charge in [-0.3, -0.25) is 0 Å². The predicted molar refractivity (Wildman–Crippen MR) is 146 cm³/mol. The molecule has 0 bridgehead atoms. The highest BCUT2D eigenvalue weighted by Crippen LogP contribution is 2.29. The number of benzene rings is 2. The maximum atomic E-state index is 4.97. The first-order valence-electron chi connectivity index (χ1n) is 13.1. The number of rotatable bonds is 7. The van der Waals surface area contributed by atoms with E-state index in [4.69, 9.17) is 9.97 Å². The smallest absolute Gasteiger partial charge is 0.228 e. The molecule has 0 radical (unpaired) electrons. The minimum Gasteiger partial charge on any atom is -0.350 e. The minimum absolute atomic E-state index is 0.302. The molecule has 8 heteroatoms. The standard InChI is InChI=1S/C29H32N8/c1-20(2)25-19-33-37-28(25)34-27(23-10-8-21(9-11-23)22-12-15-30-16-13-22)35-29(37)31-18-24-6-3-4-7-26(24)36-17-5-14-32-36/h3-11,14,17,19-20,22,30H,12-13,15-16,18H2,1-2H3,(H,31,34,35). The van der Waals surface area contributed by atoms with Crippen LogP contribution in [0, 0.1) is 0 Å². The summed E-state index contributed by atoms with van der Waals surface area (Å²) in [7, 11) is 0. The Kier molecular flexibility index (Phi) is 6.40. The van der Waals surface area contributed by atoms with Gasteiger partial charge in [0.15, 0.2) is 11.5 Å². The average molecular weight is 493 g/mol. The first kappa shape index (κ1) is 23.4. The second kappa shape index (κ2) is 10.1. The zero-order valence-electron chi connectivity index (χ0n) is 21.3. The monoisotopic (exact) mass is 492 g/mol. The fraction of sp³-hybridized carbons (Fsp3) is 0.310. The first-order valence-corrected chi connectivity index (χ1v) is 13.1. The van der Waals surface area contributed by atoms with Crippen LogP contribution in [0.1, 0.15) is 55.2 Å². The van der Waals surface area contributed by atoms with Crippen LogP contribution in [0.5, 0.6) is 0 Å². The molecule has 0 aliphatic carbocycles. The molecule has 188 valence electrons. The Morgan fingerprint density at radius 3 is 2.54 bits per heavy atom. The van der Waals surface area contributed by atoms with E-state index in [2.05, 4.69) is 71.1 Å². The van der Waals surface area contributed by atoms with E-state index in [0.29, 0.717) is 30.2 Å². The average Bonchev–Trinajstić information content (AvgIpc) is 3.63. The van der Waals surface area contributed by atoms with E-state index in [0.717, 1.165) is 41.1 Å². The van der Waals surface area contributed by atoms with Crippen LogP contribution < -0.4 is 10.6 Å². The van der Waals surface area contributed by atoms with Crippen LogP contribution in [0.2, 0.25) is 0 Å². The molecule has 2 aromatic carbocycles. The van der Waals surface area contributed by atoms with Gasteiger partial charge >= 0.3 is 0 Å². The quantitative estimate of drug-likeness (QED) is 0.326. The summed E-state index contributed by atoms with van der Waals surface area (Å²) in [6, 6.07) is 19.0. The molecule has 0 amide bonds. The second-order valence-corrected chi connectivity index (χ2v) is 9.94. The number of para-hydroxylation sites is 1. The molecule has 3 aromatic heterocycles. The van der Waals surface area contributed by atoms with E-state index in [1.54, 1.807) is 6.20 Å². The normalized spacial score (nSPS) is 14.5. The van der Waals surface area contributed by atoms with Crippen molar-refractivity contribution in [3.63, 3.8) is 0 Å². The minimum atomic E-state index is 0.302. The molecular weight excluding hydrogens is 460 g/mol. The third kappa shape index (κ3) is 4.72. The Balaban J connectivity index is 1.35. The molecule has 37 heavy (non-hydrogen) atoms. The molecule has 0 saturated carbocycles. The fourth-order valence-electron chi connectivity index (χ4n) is 5.07. The van der Waals surface area contributed by atoms with Crippen LogP contribution >= 0.6 is 0 Å². The molecule has 0 atom stereocenters. The van der Waals surface area contributed by atoms with Gasteiger partial charge in [-0.2, -0.15) is 19.7 Å². The molecule has 8 nitrogen and oxygen atoms in total. The SMILES string of the molecule is CC(C)c1cnn2c(NCc3ccccc3-n3cccn3)nc(-c3ccc(C4CCNCC4)cc3)nc12. The zero-order valence-corrected chi connectivity index (χ0v) is 21.3. The molecule has 1 saturated heterocycles. The van der Waals surface area contributed by atoms with Crippen LogP contribution in [0.4, 0.5) is 5.95 Å². The number of nitrogens with zero attached hydrogens (tertiary/aromatic N) is 6. The van der Waals surface area contributed by atoms with Gasteiger partial charge in [0.05, 0.1) is 11.9 Å². The van der Waals surface area contributed by atoms with Crippen molar-refractivity contribution in [3.8, 4) is 17.1 Å². The largest absolute Gasteiger partial charge is 0.350 e. The number of nitrogens with one attached hydrogen (secondary N) is 2. The summed E-state index contributed by atoms with van der Waals surface area (Å²) >= 11 is 0. The number of hydrogen-bond donors (Lipinski definition) is 2. The summed E-state index contributed by atoms with van der Waals surface area (Å²) in [6.07, 6.45) is 8.02. The topological polar surface area (TPSA) is 85.0 Å². The highest BCUT2D eigenvalue weighted by atomic mass is 15.3. The van der Waals surface area contributed by atoms with Crippen molar-refractivity contribution in [1.29, 1.82) is 0 Å². The van der Waals surface area contributed by atoms with Crippen molar-refractivity contribution in [2.75, 3.05) is 18.4 Å². The molecule has 0 unspecified atom stereocenters. The van der Waals surface area contributed by atoms with Gasteiger partial charge in [0, 0.05) is 30.1 Å². The van der Waals surface area contributed by atoms with Gasteiger partial charge in [0.25, 0.3) is 0 Å². The predicted octanol–water partition coefficient (Wildman–Crippen LogP) is 5.18. The number of fused-ring (bicyclic) bond motifs is 1. The highest BCUT2D eigenvalue weighted by molar-refractivity contribution is 5.63. The molecule has 6 rings (SSSR count). The van der Waals surface area contributed by atoms with Crippen LogP contribution in [-0.4, -0.2) is 42.5 Å². The van der Waals surface area contributed by atoms with Crippen molar-refractivity contribution in [1.82, 2.24) is 34.7 Å². The Labute approximate surface area is 216 Å². The van der Waals surface area contributed by atoms with Gasteiger partial charge < -0.3 is 10.6 Å². The molecule has 1 aliphatic heterocycles. The summed E-state index contributed by atoms with van der Waals surface area (Å²) in [6.45, 7) is 7.08. The molecule has 5 aromatic rings. The van der Waals surface area contributed by atoms with E-state index in [1.807, 2.05) is 39.8 Å². The lowest BCUT2D eigenvalue weighted by molar-refractivity contribution is 0.460. The van der Waals surface area contributed by atoms with Crippen molar-refractivity contribution >= 4 is 11.6 Å². The van der Waals surface area contributed by atoms with E-state index >= 15 is 0 Å². The van der Waals surface area contributed by atoms with Gasteiger partial charge in [-0.15, -0.1) is 0 Å². The maximum Gasteiger partial charge on any atom is 0.228 e. The molecule has 4 heterocycles. The Morgan fingerprint density at radius 2 is 1.78 bits per heavy atom. The fourth-order valence-corrected chi connectivity index (χ4v) is 5.07. The lowest BCUT2D eigenvalue weighted by atomic mass is 9.90. The van der Waals surface area contributed by atoms with Crippen molar-refractivity contribution in [2.24, 2.45) is 0 Å². The first-order chi connectivity index (χ1) is 18.2. The Morgan fingerprint density at radius 1 is 0.973 bits per heavy atom. The van der Waals surface area contributed by atoms with Crippen molar-refractivity contribution in [3.05, 3.63) is 89.9 Å². The van der Waals surface area contributed by atoms with E-state index in [-0.39, 0.29) is 0 Å². The number of anilines is 1. The summed E-state index contributed by atoms with van der Waals surface area (Å²) in [5.41, 5.74) is 6.49. The summed E-state index contributed by atoms with van der Waals surface area (Å²) < 4.78 is 3.70. The summed E-state index contributed by atoms with van der Waals surface area (Å²) in [4.78, 5) is 9.91. The van der Waals surface area contributed by atoms with Crippen molar-refractivity contribution < 1.29 is 0 Å². The maximum absolute atomic E-state index is 4.97. The number of piperidine rings is 1. The van der Waals surface area contributed by atoms with Gasteiger partial charge in [-0.05, 0) is 61.0 Å². The molecule has 2 N–H and O–H groups in total. The molecule has 1 aliphatic rings. The third-order valence-corrected chi connectivity index (χ3v) is 7.18. The Bertz CT molecular complexity index is 1480. The van der Waals surface area contributed by atoms with E-state index in [9.17, 15) is 0 Å². The molecular formula is C29H32N8.